The molecule has 0 unspecified atom stereocenters. The van der Waals surface area contributed by atoms with Gasteiger partial charge < -0.3 is 19.7 Å². The number of anilines is 1. The summed E-state index contributed by atoms with van der Waals surface area (Å²) in [5.74, 6) is 1.88. The fraction of sp³-hybridized carbons (Fsp3) is 0.435. The summed E-state index contributed by atoms with van der Waals surface area (Å²) in [6.07, 6.45) is 1.93. The first kappa shape index (κ1) is 18.7. The predicted molar refractivity (Wildman–Crippen MR) is 110 cm³/mol. The van der Waals surface area contributed by atoms with Gasteiger partial charge in [0.1, 0.15) is 6.61 Å². The van der Waals surface area contributed by atoms with Gasteiger partial charge in [-0.05, 0) is 55.5 Å². The van der Waals surface area contributed by atoms with E-state index in [2.05, 4.69) is 41.4 Å². The molecule has 1 N–H and O–H groups in total. The van der Waals surface area contributed by atoms with Gasteiger partial charge in [0.05, 0.1) is 6.04 Å². The van der Waals surface area contributed by atoms with E-state index in [0.717, 1.165) is 24.6 Å². The molecule has 5 nitrogen and oxygen atoms in total. The molecule has 2 heterocycles. The maximum Gasteiger partial charge on any atom is 0.265 e. The summed E-state index contributed by atoms with van der Waals surface area (Å²) in [5, 5.41) is 3.05. The Morgan fingerprint density at radius 2 is 1.89 bits per heavy atom. The molecule has 4 rings (SSSR count). The molecule has 148 valence electrons. The molecule has 1 saturated heterocycles. The Kier molecular flexibility index (Phi) is 5.42. The van der Waals surface area contributed by atoms with E-state index in [1.165, 1.54) is 18.5 Å². The highest BCUT2D eigenvalue weighted by Gasteiger charge is 2.28. The Bertz CT molecular complexity index is 821. The first-order valence-corrected chi connectivity index (χ1v) is 10.1. The van der Waals surface area contributed by atoms with Crippen LogP contribution in [0.2, 0.25) is 0 Å². The average molecular weight is 380 g/mol. The van der Waals surface area contributed by atoms with Gasteiger partial charge in [-0.1, -0.05) is 31.2 Å². The van der Waals surface area contributed by atoms with Gasteiger partial charge in [0.15, 0.2) is 11.5 Å². The number of carbonyl (C=O) groups excluding carboxylic acids is 1. The monoisotopic (exact) mass is 380 g/mol. The molecule has 0 aliphatic carbocycles. The Morgan fingerprint density at radius 1 is 1.14 bits per heavy atom. The summed E-state index contributed by atoms with van der Waals surface area (Å²) < 4.78 is 11.4. The molecule has 1 fully saturated rings. The van der Waals surface area contributed by atoms with Gasteiger partial charge in [-0.15, -0.1) is 0 Å². The number of rotatable bonds is 4. The third kappa shape index (κ3) is 4.08. The molecule has 5 heteroatoms. The van der Waals surface area contributed by atoms with Crippen molar-refractivity contribution in [2.24, 2.45) is 5.92 Å². The molecule has 2 aliphatic rings. The standard InChI is InChI=1S/C23H28N2O3/c1-16-6-5-13-25(14-16)19-11-9-18(10-12-19)17(2)24-23(26)22-15-27-20-7-3-4-8-21(20)28-22/h3-4,7-12,16-17,22H,5-6,13-15H2,1-2H3,(H,24,26)/t16-,17+,22-/m1/s1. The van der Waals surface area contributed by atoms with Crippen molar-refractivity contribution in [3.05, 3.63) is 54.1 Å². The van der Waals surface area contributed by atoms with Crippen molar-refractivity contribution in [1.82, 2.24) is 5.32 Å². The van der Waals surface area contributed by atoms with E-state index in [1.54, 1.807) is 0 Å². The smallest absolute Gasteiger partial charge is 0.265 e. The molecule has 1 amide bonds. The lowest BCUT2D eigenvalue weighted by molar-refractivity contribution is -0.131. The van der Waals surface area contributed by atoms with Crippen LogP contribution >= 0.6 is 0 Å². The van der Waals surface area contributed by atoms with E-state index < -0.39 is 6.10 Å². The van der Waals surface area contributed by atoms with Crippen LogP contribution < -0.4 is 19.7 Å². The normalized spacial score (nSPS) is 22.4. The van der Waals surface area contributed by atoms with Crippen molar-refractivity contribution in [1.29, 1.82) is 0 Å². The van der Waals surface area contributed by atoms with Crippen LogP contribution in [-0.4, -0.2) is 31.7 Å². The molecule has 0 bridgehead atoms. The van der Waals surface area contributed by atoms with Crippen molar-refractivity contribution in [2.45, 2.75) is 38.8 Å². The number of para-hydroxylation sites is 2. The lowest BCUT2D eigenvalue weighted by atomic mass is 9.99. The zero-order valence-electron chi connectivity index (χ0n) is 16.6. The molecule has 0 spiro atoms. The summed E-state index contributed by atoms with van der Waals surface area (Å²) in [4.78, 5) is 15.1. The fourth-order valence-corrected chi connectivity index (χ4v) is 3.94. The van der Waals surface area contributed by atoms with E-state index in [1.807, 2.05) is 31.2 Å². The molecule has 2 aliphatic heterocycles. The van der Waals surface area contributed by atoms with Gasteiger partial charge in [0.25, 0.3) is 5.91 Å². The first-order chi connectivity index (χ1) is 13.6. The minimum absolute atomic E-state index is 0.0948. The average Bonchev–Trinajstić information content (AvgIpc) is 2.73. The Hall–Kier alpha value is -2.69. The molecule has 2 aromatic carbocycles. The van der Waals surface area contributed by atoms with Crippen LogP contribution in [0, 0.1) is 5.92 Å². The highest BCUT2D eigenvalue weighted by molar-refractivity contribution is 5.82. The second-order valence-electron chi connectivity index (χ2n) is 7.88. The molecular weight excluding hydrogens is 352 g/mol. The molecule has 3 atom stereocenters. The van der Waals surface area contributed by atoms with Gasteiger partial charge in [0, 0.05) is 18.8 Å². The molecule has 0 aromatic heterocycles. The molecule has 28 heavy (non-hydrogen) atoms. The number of hydrogen-bond donors (Lipinski definition) is 1. The number of amides is 1. The van der Waals surface area contributed by atoms with Crippen molar-refractivity contribution < 1.29 is 14.3 Å². The van der Waals surface area contributed by atoms with E-state index in [4.69, 9.17) is 9.47 Å². The van der Waals surface area contributed by atoms with Gasteiger partial charge in [-0.25, -0.2) is 0 Å². The zero-order chi connectivity index (χ0) is 19.5. The van der Waals surface area contributed by atoms with Gasteiger partial charge >= 0.3 is 0 Å². The highest BCUT2D eigenvalue weighted by Crippen LogP contribution is 2.31. The molecular formula is C23H28N2O3. The summed E-state index contributed by atoms with van der Waals surface area (Å²) in [5.41, 5.74) is 2.34. The van der Waals surface area contributed by atoms with Crippen LogP contribution in [0.3, 0.4) is 0 Å². The Morgan fingerprint density at radius 3 is 2.64 bits per heavy atom. The van der Waals surface area contributed by atoms with Gasteiger partial charge in [-0.2, -0.15) is 0 Å². The number of hydrogen-bond acceptors (Lipinski definition) is 4. The van der Waals surface area contributed by atoms with Crippen molar-refractivity contribution in [3.63, 3.8) is 0 Å². The van der Waals surface area contributed by atoms with Crippen LogP contribution in [-0.2, 0) is 4.79 Å². The summed E-state index contributed by atoms with van der Waals surface area (Å²) in [7, 11) is 0. The minimum atomic E-state index is -0.633. The lowest BCUT2D eigenvalue weighted by Crippen LogP contribution is -2.44. The lowest BCUT2D eigenvalue weighted by Gasteiger charge is -2.33. The highest BCUT2D eigenvalue weighted by atomic mass is 16.6. The van der Waals surface area contributed by atoms with Crippen molar-refractivity contribution >= 4 is 11.6 Å². The predicted octanol–water partition coefficient (Wildman–Crippen LogP) is 3.94. The maximum absolute atomic E-state index is 12.6. The number of fused-ring (bicyclic) bond motifs is 1. The SMILES string of the molecule is C[C@@H]1CCCN(c2ccc([C@H](C)NC(=O)[C@H]3COc4ccccc4O3)cc2)C1. The summed E-state index contributed by atoms with van der Waals surface area (Å²) in [6.45, 7) is 6.77. The van der Waals surface area contributed by atoms with E-state index >= 15 is 0 Å². The topological polar surface area (TPSA) is 50.8 Å². The van der Waals surface area contributed by atoms with E-state index in [-0.39, 0.29) is 18.6 Å². The minimum Gasteiger partial charge on any atom is -0.485 e. The number of nitrogens with one attached hydrogen (secondary N) is 1. The Labute approximate surface area is 166 Å². The number of piperidine rings is 1. The first-order valence-electron chi connectivity index (χ1n) is 10.1. The number of nitrogens with zero attached hydrogens (tertiary/aromatic N) is 1. The molecule has 0 radical (unpaired) electrons. The zero-order valence-corrected chi connectivity index (χ0v) is 16.6. The second-order valence-corrected chi connectivity index (χ2v) is 7.88. The maximum atomic E-state index is 12.6. The molecule has 0 saturated carbocycles. The van der Waals surface area contributed by atoms with Crippen LogP contribution in [0.15, 0.2) is 48.5 Å². The number of ether oxygens (including phenoxy) is 2. The number of carbonyl (C=O) groups is 1. The molecule has 2 aromatic rings. The number of benzene rings is 2. The van der Waals surface area contributed by atoms with Gasteiger partial charge in [-0.3, -0.25) is 4.79 Å². The van der Waals surface area contributed by atoms with Gasteiger partial charge in [0.2, 0.25) is 6.10 Å². The van der Waals surface area contributed by atoms with E-state index in [9.17, 15) is 4.79 Å². The summed E-state index contributed by atoms with van der Waals surface area (Å²) in [6, 6.07) is 15.9. The van der Waals surface area contributed by atoms with Crippen LogP contribution in [0.4, 0.5) is 5.69 Å². The third-order valence-electron chi connectivity index (χ3n) is 5.58. The second kappa shape index (κ2) is 8.13. The van der Waals surface area contributed by atoms with Crippen molar-refractivity contribution in [2.75, 3.05) is 24.6 Å². The fourth-order valence-electron chi connectivity index (χ4n) is 3.94. The quantitative estimate of drug-likeness (QED) is 0.873. The van der Waals surface area contributed by atoms with Crippen molar-refractivity contribution in [3.8, 4) is 11.5 Å². The van der Waals surface area contributed by atoms with E-state index in [0.29, 0.717) is 11.5 Å². The largest absolute Gasteiger partial charge is 0.485 e. The van der Waals surface area contributed by atoms with Crippen LogP contribution in [0.1, 0.15) is 38.3 Å². The van der Waals surface area contributed by atoms with Crippen LogP contribution in [0.5, 0.6) is 11.5 Å². The summed E-state index contributed by atoms with van der Waals surface area (Å²) >= 11 is 0. The van der Waals surface area contributed by atoms with Crippen LogP contribution in [0.25, 0.3) is 0 Å². The third-order valence-corrected chi connectivity index (χ3v) is 5.58. The Balaban J connectivity index is 1.36.